The lowest BCUT2D eigenvalue weighted by molar-refractivity contribution is -0.137. The molecule has 0 saturated carbocycles. The summed E-state index contributed by atoms with van der Waals surface area (Å²) in [6.07, 6.45) is 26.7. The van der Waals surface area contributed by atoms with Gasteiger partial charge in [-0.25, -0.2) is 0 Å². The molecule has 0 bridgehead atoms. The average Bonchev–Trinajstić information content (AvgIpc) is 2.62. The Kier molecular flexibility index (Phi) is 28.4. The van der Waals surface area contributed by atoms with Crippen molar-refractivity contribution in [3.05, 3.63) is 0 Å². The zero-order chi connectivity index (χ0) is 19.7. The molecule has 0 aliphatic heterocycles. The molecular weight excluding hydrogens is 320 g/mol. The second-order valence-corrected chi connectivity index (χ2v) is 7.80. The van der Waals surface area contributed by atoms with Gasteiger partial charge in [0.2, 0.25) is 0 Å². The van der Waals surface area contributed by atoms with Gasteiger partial charge >= 0.3 is 5.97 Å². The monoisotopic (exact) mass is 370 g/mol. The van der Waals surface area contributed by atoms with Crippen molar-refractivity contribution >= 4 is 5.97 Å². The molecule has 0 aliphatic carbocycles. The molecule has 0 aromatic heterocycles. The first-order valence-electron chi connectivity index (χ1n) is 11.9. The minimum Gasteiger partial charge on any atom is -0.481 e. The molecule has 0 fully saturated rings. The van der Waals surface area contributed by atoms with Gasteiger partial charge in [0.05, 0.1) is 0 Å². The third-order valence-corrected chi connectivity index (χ3v) is 4.95. The van der Waals surface area contributed by atoms with Crippen LogP contribution in [0.3, 0.4) is 0 Å². The third-order valence-electron chi connectivity index (χ3n) is 4.95. The van der Waals surface area contributed by atoms with E-state index >= 15 is 0 Å². The van der Waals surface area contributed by atoms with E-state index in [1.807, 2.05) is 0 Å². The normalized spacial score (nSPS) is 10.4. The first-order valence-corrected chi connectivity index (χ1v) is 11.9. The summed E-state index contributed by atoms with van der Waals surface area (Å²) in [5.74, 6) is -0.682. The fourth-order valence-electron chi connectivity index (χ4n) is 3.15. The lowest BCUT2D eigenvalue weighted by Crippen LogP contribution is -1.92. The van der Waals surface area contributed by atoms with Gasteiger partial charge in [0.25, 0.3) is 0 Å². The number of unbranched alkanes of at least 4 members (excludes halogenated alkanes) is 17. The van der Waals surface area contributed by atoms with Gasteiger partial charge in [0, 0.05) is 6.42 Å². The fraction of sp³-hybridized carbons (Fsp3) is 0.958. The number of carbonyl (C=O) groups is 1. The molecule has 1 N–H and O–H groups in total. The van der Waals surface area contributed by atoms with Crippen LogP contribution in [0, 0.1) is 0 Å². The van der Waals surface area contributed by atoms with Crippen LogP contribution in [-0.2, 0) is 4.79 Å². The average molecular weight is 371 g/mol. The molecule has 158 valence electrons. The second-order valence-electron chi connectivity index (χ2n) is 7.80. The molecule has 2 heteroatoms. The first-order chi connectivity index (χ1) is 12.7. The van der Waals surface area contributed by atoms with Crippen molar-refractivity contribution < 1.29 is 9.90 Å². The van der Waals surface area contributed by atoms with Crippen LogP contribution < -0.4 is 0 Å². The van der Waals surface area contributed by atoms with E-state index < -0.39 is 5.97 Å². The van der Waals surface area contributed by atoms with Crippen molar-refractivity contribution in [2.75, 3.05) is 0 Å². The van der Waals surface area contributed by atoms with Crippen LogP contribution in [0.5, 0.6) is 0 Å². The number of carboxylic acid groups (broad SMARTS) is 1. The molecule has 0 amide bonds. The summed E-state index contributed by atoms with van der Waals surface area (Å²) in [5.41, 5.74) is 0. The summed E-state index contributed by atoms with van der Waals surface area (Å²) in [7, 11) is 0. The van der Waals surface area contributed by atoms with Crippen LogP contribution in [0.15, 0.2) is 0 Å². The Morgan fingerprint density at radius 2 is 0.692 bits per heavy atom. The quantitative estimate of drug-likeness (QED) is 0.230. The van der Waals surface area contributed by atoms with Gasteiger partial charge in [-0.05, 0) is 6.42 Å². The van der Waals surface area contributed by atoms with Crippen molar-refractivity contribution in [2.45, 2.75) is 149 Å². The Balaban J connectivity index is 0. The number of carboxylic acids is 1. The second kappa shape index (κ2) is 26.7. The van der Waals surface area contributed by atoms with Crippen LogP contribution in [0.1, 0.15) is 149 Å². The van der Waals surface area contributed by atoms with Gasteiger partial charge in [-0.15, -0.1) is 0 Å². The van der Waals surface area contributed by atoms with Gasteiger partial charge in [0.1, 0.15) is 0 Å². The summed E-state index contributed by atoms with van der Waals surface area (Å²) < 4.78 is 0. The minimum absolute atomic E-state index is 0.327. The predicted octanol–water partition coefficient (Wildman–Crippen LogP) is 8.92. The molecule has 2 nitrogen and oxygen atoms in total. The maximum atomic E-state index is 9.87. The molecule has 0 aromatic carbocycles. The highest BCUT2D eigenvalue weighted by molar-refractivity contribution is 5.66. The molecule has 0 heterocycles. The van der Waals surface area contributed by atoms with E-state index in [4.69, 9.17) is 5.11 Å². The van der Waals surface area contributed by atoms with E-state index in [-0.39, 0.29) is 0 Å². The van der Waals surface area contributed by atoms with Crippen molar-refractivity contribution in [3.63, 3.8) is 0 Å². The Morgan fingerprint density at radius 1 is 0.462 bits per heavy atom. The smallest absolute Gasteiger partial charge is 0.303 e. The highest BCUT2D eigenvalue weighted by atomic mass is 16.4. The highest BCUT2D eigenvalue weighted by Gasteiger charge is 1.94. The van der Waals surface area contributed by atoms with Crippen molar-refractivity contribution in [2.24, 2.45) is 0 Å². The highest BCUT2D eigenvalue weighted by Crippen LogP contribution is 2.13. The van der Waals surface area contributed by atoms with E-state index in [1.54, 1.807) is 0 Å². The van der Waals surface area contributed by atoms with Crippen molar-refractivity contribution in [1.29, 1.82) is 0 Å². The van der Waals surface area contributed by atoms with Crippen molar-refractivity contribution in [1.82, 2.24) is 0 Å². The van der Waals surface area contributed by atoms with Crippen LogP contribution >= 0.6 is 0 Å². The molecule has 26 heavy (non-hydrogen) atoms. The SMILES string of the molecule is CCCCCC(=O)O.CCCCCCCCCCCCCCCCCC. The summed E-state index contributed by atoms with van der Waals surface area (Å²) >= 11 is 0. The van der Waals surface area contributed by atoms with Gasteiger partial charge in [-0.2, -0.15) is 0 Å². The van der Waals surface area contributed by atoms with E-state index in [0.29, 0.717) is 6.42 Å². The zero-order valence-corrected chi connectivity index (χ0v) is 18.5. The first kappa shape index (κ1) is 27.7. The Morgan fingerprint density at radius 3 is 0.923 bits per heavy atom. The van der Waals surface area contributed by atoms with Crippen LogP contribution in [0.25, 0.3) is 0 Å². The van der Waals surface area contributed by atoms with E-state index in [1.165, 1.54) is 103 Å². The topological polar surface area (TPSA) is 37.3 Å². The Labute approximate surface area is 165 Å². The van der Waals surface area contributed by atoms with Crippen molar-refractivity contribution in [3.8, 4) is 0 Å². The minimum atomic E-state index is -0.682. The summed E-state index contributed by atoms with van der Waals surface area (Å²) in [5, 5.41) is 8.14. The summed E-state index contributed by atoms with van der Waals surface area (Å²) in [6, 6.07) is 0. The maximum absolute atomic E-state index is 9.87. The third kappa shape index (κ3) is 31.3. The molecule has 0 spiro atoms. The molecule has 0 radical (unpaired) electrons. The van der Waals surface area contributed by atoms with Gasteiger partial charge < -0.3 is 5.11 Å². The predicted molar refractivity (Wildman–Crippen MR) is 117 cm³/mol. The van der Waals surface area contributed by atoms with Gasteiger partial charge in [0.15, 0.2) is 0 Å². The van der Waals surface area contributed by atoms with E-state index in [9.17, 15) is 4.79 Å². The molecule has 0 saturated heterocycles. The van der Waals surface area contributed by atoms with Crippen LogP contribution in [-0.4, -0.2) is 11.1 Å². The number of hydrogen-bond acceptors (Lipinski definition) is 1. The Bertz CT molecular complexity index is 235. The standard InChI is InChI=1S/C18H38.C6H12O2/c1-3-5-7-9-11-13-15-17-18-16-14-12-10-8-6-4-2;1-2-3-4-5-6(7)8/h3-18H2,1-2H3;2-5H2,1H3,(H,7,8). The van der Waals surface area contributed by atoms with Gasteiger partial charge in [-0.3, -0.25) is 4.79 Å². The zero-order valence-electron chi connectivity index (χ0n) is 18.5. The van der Waals surface area contributed by atoms with E-state index in [0.717, 1.165) is 19.3 Å². The van der Waals surface area contributed by atoms with Crippen LogP contribution in [0.2, 0.25) is 0 Å². The van der Waals surface area contributed by atoms with Gasteiger partial charge in [-0.1, -0.05) is 136 Å². The lowest BCUT2D eigenvalue weighted by Gasteiger charge is -2.03. The lowest BCUT2D eigenvalue weighted by atomic mass is 10.0. The number of hydrogen-bond donors (Lipinski definition) is 1. The molecule has 0 rings (SSSR count). The molecule has 0 unspecified atom stereocenters. The largest absolute Gasteiger partial charge is 0.481 e. The number of rotatable bonds is 19. The summed E-state index contributed by atoms with van der Waals surface area (Å²) in [4.78, 5) is 9.87. The molecule has 0 aliphatic rings. The maximum Gasteiger partial charge on any atom is 0.303 e. The number of aliphatic carboxylic acids is 1. The van der Waals surface area contributed by atoms with E-state index in [2.05, 4.69) is 20.8 Å². The molecular formula is C24H50O2. The van der Waals surface area contributed by atoms with Crippen LogP contribution in [0.4, 0.5) is 0 Å². The molecule has 0 aromatic rings. The molecule has 0 atom stereocenters. The fourth-order valence-corrected chi connectivity index (χ4v) is 3.15. The summed E-state index contributed by atoms with van der Waals surface area (Å²) in [6.45, 7) is 6.65. The Hall–Kier alpha value is -0.530.